The predicted molar refractivity (Wildman–Crippen MR) is 234 cm³/mol. The van der Waals surface area contributed by atoms with Crippen molar-refractivity contribution < 1.29 is 4.42 Å². The standard InChI is InChI=1S/C54H36N2O/c1-54(40-21-9-4-10-22-40)46-28-13-11-24-44(46)51-41(25-16-29-47(51)54)38-31-37(35-17-5-2-6-18-35)32-39(33-38)48-34-49(56-53(55-48)36-19-7-3-8-20-36)45-27-15-26-43-42-23-12-14-30-50(42)57-52(43)45/h2-34H,1H3. The Hall–Kier alpha value is -7.36. The van der Waals surface area contributed by atoms with Crippen LogP contribution in [-0.2, 0) is 5.41 Å². The molecule has 0 bridgehead atoms. The lowest BCUT2D eigenvalue weighted by Gasteiger charge is -2.28. The van der Waals surface area contributed by atoms with E-state index in [-0.39, 0.29) is 5.41 Å². The number of furan rings is 1. The van der Waals surface area contributed by atoms with Crippen LogP contribution in [-0.4, -0.2) is 9.97 Å². The van der Waals surface area contributed by atoms with E-state index >= 15 is 0 Å². The molecule has 3 heteroatoms. The lowest BCUT2D eigenvalue weighted by molar-refractivity contribution is 0.670. The van der Waals surface area contributed by atoms with Crippen LogP contribution >= 0.6 is 0 Å². The summed E-state index contributed by atoms with van der Waals surface area (Å²) in [5.74, 6) is 0.663. The van der Waals surface area contributed by atoms with E-state index in [9.17, 15) is 0 Å². The number of hydrogen-bond donors (Lipinski definition) is 0. The number of aromatic nitrogens is 2. The quantitative estimate of drug-likeness (QED) is 0.171. The molecule has 2 aromatic heterocycles. The third-order valence-electron chi connectivity index (χ3n) is 11.8. The number of para-hydroxylation sites is 2. The Kier molecular flexibility index (Phi) is 7.61. The molecule has 0 radical (unpaired) electrons. The van der Waals surface area contributed by atoms with E-state index < -0.39 is 0 Å². The van der Waals surface area contributed by atoms with Crippen LogP contribution < -0.4 is 0 Å². The number of nitrogens with zero attached hydrogens (tertiary/aromatic N) is 2. The number of hydrogen-bond acceptors (Lipinski definition) is 3. The van der Waals surface area contributed by atoms with Crippen molar-refractivity contribution in [3.8, 4) is 67.3 Å². The molecule has 2 heterocycles. The zero-order valence-electron chi connectivity index (χ0n) is 31.4. The highest BCUT2D eigenvalue weighted by molar-refractivity contribution is 6.09. The molecule has 0 saturated carbocycles. The fourth-order valence-corrected chi connectivity index (χ4v) is 8.99. The summed E-state index contributed by atoms with van der Waals surface area (Å²) < 4.78 is 6.54. The maximum atomic E-state index is 6.54. The van der Waals surface area contributed by atoms with Gasteiger partial charge in [-0.05, 0) is 93.4 Å². The maximum Gasteiger partial charge on any atom is 0.160 e. The Labute approximate surface area is 331 Å². The van der Waals surface area contributed by atoms with Gasteiger partial charge >= 0.3 is 0 Å². The third-order valence-corrected chi connectivity index (χ3v) is 11.8. The zero-order valence-corrected chi connectivity index (χ0v) is 31.4. The van der Waals surface area contributed by atoms with Gasteiger partial charge in [0.05, 0.1) is 11.4 Å². The van der Waals surface area contributed by atoms with Crippen LogP contribution in [0, 0.1) is 0 Å². The topological polar surface area (TPSA) is 38.9 Å². The van der Waals surface area contributed by atoms with Crippen molar-refractivity contribution in [3.63, 3.8) is 0 Å². The summed E-state index contributed by atoms with van der Waals surface area (Å²) >= 11 is 0. The molecule has 0 spiro atoms. The molecule has 268 valence electrons. The van der Waals surface area contributed by atoms with Crippen molar-refractivity contribution in [1.29, 1.82) is 0 Å². The van der Waals surface area contributed by atoms with Crippen LogP contribution in [0.1, 0.15) is 23.6 Å². The molecule has 10 aromatic rings. The Morgan fingerprint density at radius 3 is 1.81 bits per heavy atom. The molecule has 8 aromatic carbocycles. The average molecular weight is 729 g/mol. The summed E-state index contributed by atoms with van der Waals surface area (Å²) in [6.07, 6.45) is 0. The summed E-state index contributed by atoms with van der Waals surface area (Å²) in [7, 11) is 0. The minimum absolute atomic E-state index is 0.299. The van der Waals surface area contributed by atoms with Crippen LogP contribution in [0.3, 0.4) is 0 Å². The predicted octanol–water partition coefficient (Wildman–Crippen LogP) is 14.0. The smallest absolute Gasteiger partial charge is 0.160 e. The number of fused-ring (bicyclic) bond motifs is 6. The molecule has 57 heavy (non-hydrogen) atoms. The van der Waals surface area contributed by atoms with Gasteiger partial charge in [0.25, 0.3) is 0 Å². The normalized spacial score (nSPS) is 14.5. The highest BCUT2D eigenvalue weighted by atomic mass is 16.3. The van der Waals surface area contributed by atoms with Gasteiger partial charge in [-0.25, -0.2) is 9.97 Å². The fraction of sp³-hybridized carbons (Fsp3) is 0.0370. The van der Waals surface area contributed by atoms with E-state index in [4.69, 9.17) is 14.4 Å². The van der Waals surface area contributed by atoms with E-state index in [0.717, 1.165) is 66.7 Å². The second-order valence-electron chi connectivity index (χ2n) is 15.0. The molecule has 1 aliphatic rings. The van der Waals surface area contributed by atoms with Crippen LogP contribution in [0.15, 0.2) is 205 Å². The van der Waals surface area contributed by atoms with E-state index in [2.05, 4.69) is 177 Å². The number of benzene rings is 8. The molecule has 1 aliphatic carbocycles. The molecular formula is C54H36N2O. The van der Waals surface area contributed by atoms with Gasteiger partial charge in [-0.3, -0.25) is 0 Å². The molecule has 0 aliphatic heterocycles. The lowest BCUT2D eigenvalue weighted by Crippen LogP contribution is -2.22. The van der Waals surface area contributed by atoms with Crippen molar-refractivity contribution in [3.05, 3.63) is 217 Å². The van der Waals surface area contributed by atoms with Gasteiger partial charge < -0.3 is 4.42 Å². The van der Waals surface area contributed by atoms with Gasteiger partial charge in [-0.2, -0.15) is 0 Å². The third kappa shape index (κ3) is 5.35. The largest absolute Gasteiger partial charge is 0.455 e. The van der Waals surface area contributed by atoms with Gasteiger partial charge in [0.1, 0.15) is 11.2 Å². The van der Waals surface area contributed by atoms with Crippen molar-refractivity contribution in [2.45, 2.75) is 12.3 Å². The van der Waals surface area contributed by atoms with Crippen molar-refractivity contribution in [2.24, 2.45) is 0 Å². The van der Waals surface area contributed by atoms with Crippen molar-refractivity contribution in [1.82, 2.24) is 9.97 Å². The van der Waals surface area contributed by atoms with E-state index in [1.165, 1.54) is 33.4 Å². The van der Waals surface area contributed by atoms with Crippen LogP contribution in [0.2, 0.25) is 0 Å². The SMILES string of the molecule is CC1(c2ccccc2)c2ccccc2-c2c(-c3cc(-c4ccccc4)cc(-c4cc(-c5cccc6c5oc5ccccc56)nc(-c5ccccc5)n4)c3)cccc21. The first-order chi connectivity index (χ1) is 28.1. The Morgan fingerprint density at radius 2 is 0.982 bits per heavy atom. The first kappa shape index (κ1) is 33.0. The molecule has 0 fully saturated rings. The molecular weight excluding hydrogens is 693 g/mol. The molecule has 0 amide bonds. The molecule has 0 saturated heterocycles. The van der Waals surface area contributed by atoms with E-state index in [0.29, 0.717) is 5.82 Å². The van der Waals surface area contributed by atoms with Gasteiger partial charge in [-0.15, -0.1) is 0 Å². The van der Waals surface area contributed by atoms with Gasteiger partial charge in [0.15, 0.2) is 5.82 Å². The molecule has 11 rings (SSSR count). The highest BCUT2D eigenvalue weighted by Gasteiger charge is 2.41. The molecule has 1 unspecified atom stereocenters. The Morgan fingerprint density at radius 1 is 0.404 bits per heavy atom. The first-order valence-corrected chi connectivity index (χ1v) is 19.5. The minimum atomic E-state index is -0.299. The van der Waals surface area contributed by atoms with Crippen LogP contribution in [0.25, 0.3) is 89.2 Å². The van der Waals surface area contributed by atoms with Gasteiger partial charge in [-0.1, -0.05) is 164 Å². The average Bonchev–Trinajstić information content (AvgIpc) is 3.80. The summed E-state index contributed by atoms with van der Waals surface area (Å²) in [4.78, 5) is 10.5. The Bertz CT molecular complexity index is 3130. The maximum absolute atomic E-state index is 6.54. The van der Waals surface area contributed by atoms with Gasteiger partial charge in [0.2, 0.25) is 0 Å². The molecule has 1 atom stereocenters. The van der Waals surface area contributed by atoms with E-state index in [1.807, 2.05) is 30.3 Å². The molecule has 0 N–H and O–H groups in total. The van der Waals surface area contributed by atoms with E-state index in [1.54, 1.807) is 0 Å². The van der Waals surface area contributed by atoms with Crippen LogP contribution in [0.4, 0.5) is 0 Å². The summed E-state index contributed by atoms with van der Waals surface area (Å²) in [5, 5.41) is 2.16. The second-order valence-corrected chi connectivity index (χ2v) is 15.0. The summed E-state index contributed by atoms with van der Waals surface area (Å²) in [6.45, 7) is 2.37. The Balaban J connectivity index is 1.16. The lowest BCUT2D eigenvalue weighted by atomic mass is 9.74. The molecule has 3 nitrogen and oxygen atoms in total. The zero-order chi connectivity index (χ0) is 37.9. The van der Waals surface area contributed by atoms with Crippen molar-refractivity contribution in [2.75, 3.05) is 0 Å². The first-order valence-electron chi connectivity index (χ1n) is 19.5. The summed E-state index contributed by atoms with van der Waals surface area (Å²) in [6, 6.07) is 71.1. The monoisotopic (exact) mass is 728 g/mol. The summed E-state index contributed by atoms with van der Waals surface area (Å²) in [5.41, 5.74) is 17.0. The van der Waals surface area contributed by atoms with Crippen molar-refractivity contribution >= 4 is 21.9 Å². The van der Waals surface area contributed by atoms with Crippen LogP contribution in [0.5, 0.6) is 0 Å². The minimum Gasteiger partial charge on any atom is -0.455 e. The van der Waals surface area contributed by atoms with Gasteiger partial charge in [0, 0.05) is 32.9 Å². The second kappa shape index (κ2) is 13.1. The fourth-order valence-electron chi connectivity index (χ4n) is 8.99. The number of rotatable bonds is 6. The highest BCUT2D eigenvalue weighted by Crippen LogP contribution is 2.55.